The largest absolute Gasteiger partial charge is 0.459 e. The van der Waals surface area contributed by atoms with E-state index in [0.29, 0.717) is 5.56 Å². The molecule has 0 unspecified atom stereocenters. The summed E-state index contributed by atoms with van der Waals surface area (Å²) in [5, 5.41) is 4.04. The van der Waals surface area contributed by atoms with Crippen LogP contribution < -0.4 is 5.69 Å². The molecule has 1 N–H and O–H groups in total. The van der Waals surface area contributed by atoms with Crippen molar-refractivity contribution in [3.63, 3.8) is 0 Å². The minimum Gasteiger partial charge on any atom is -0.459 e. The van der Waals surface area contributed by atoms with E-state index in [9.17, 15) is 19.2 Å². The second-order valence-corrected chi connectivity index (χ2v) is 9.32. The van der Waals surface area contributed by atoms with Crippen molar-refractivity contribution in [2.45, 2.75) is 24.5 Å². The quantitative estimate of drug-likeness (QED) is 0.189. The van der Waals surface area contributed by atoms with Gasteiger partial charge in [0.15, 0.2) is 18.4 Å². The summed E-state index contributed by atoms with van der Waals surface area (Å²) in [4.78, 5) is 54.2. The molecule has 1 aliphatic rings. The van der Waals surface area contributed by atoms with Crippen molar-refractivity contribution in [1.29, 1.82) is 0 Å². The number of hydrogen-bond donors (Lipinski definition) is 1. The van der Waals surface area contributed by atoms with Crippen LogP contribution in [-0.4, -0.2) is 57.6 Å². The lowest BCUT2D eigenvalue weighted by molar-refractivity contribution is -0.0699. The monoisotopic (exact) mass is 573 g/mol. The van der Waals surface area contributed by atoms with Crippen LogP contribution in [0.2, 0.25) is 0 Å². The van der Waals surface area contributed by atoms with Gasteiger partial charge in [-0.25, -0.2) is 19.2 Å². The molecule has 208 valence electrons. The van der Waals surface area contributed by atoms with Crippen molar-refractivity contribution in [3.8, 4) is 0 Å². The second-order valence-electron chi connectivity index (χ2n) is 8.89. The van der Waals surface area contributed by atoms with Gasteiger partial charge in [-0.3, -0.25) is 4.98 Å². The van der Waals surface area contributed by atoms with Gasteiger partial charge in [0.2, 0.25) is 0 Å². The van der Waals surface area contributed by atoms with Crippen LogP contribution in [0.3, 0.4) is 0 Å². The number of ether oxygens (including phenoxy) is 4. The summed E-state index contributed by atoms with van der Waals surface area (Å²) >= 11 is 4.99. The zero-order valence-corrected chi connectivity index (χ0v) is 22.1. The first kappa shape index (κ1) is 27.6. The third-order valence-corrected chi connectivity index (χ3v) is 6.37. The number of aromatic nitrogens is 3. The first-order valence-electron chi connectivity index (χ1n) is 12.5. The van der Waals surface area contributed by atoms with Gasteiger partial charge in [-0.1, -0.05) is 66.8 Å². The van der Waals surface area contributed by atoms with Crippen molar-refractivity contribution < 1.29 is 33.3 Å². The summed E-state index contributed by atoms with van der Waals surface area (Å²) in [7, 11) is 0. The Morgan fingerprint density at radius 2 is 1.27 bits per heavy atom. The van der Waals surface area contributed by atoms with Gasteiger partial charge in [0.05, 0.1) is 22.9 Å². The van der Waals surface area contributed by atoms with Gasteiger partial charge in [0, 0.05) is 0 Å². The summed E-state index contributed by atoms with van der Waals surface area (Å²) in [6.07, 6.45) is -3.97. The van der Waals surface area contributed by atoms with Crippen LogP contribution >= 0.6 is 12.2 Å². The predicted molar refractivity (Wildman–Crippen MR) is 146 cm³/mol. The first-order chi connectivity index (χ1) is 19.9. The molecule has 0 bridgehead atoms. The molecule has 1 aromatic heterocycles. The number of nitrogens with one attached hydrogen (secondary N) is 1. The van der Waals surface area contributed by atoms with E-state index in [4.69, 9.17) is 31.2 Å². The van der Waals surface area contributed by atoms with Crippen LogP contribution in [0.4, 0.5) is 0 Å². The lowest BCUT2D eigenvalue weighted by Crippen LogP contribution is -2.43. The number of esters is 3. The number of benzene rings is 3. The fourth-order valence-electron chi connectivity index (χ4n) is 4.20. The van der Waals surface area contributed by atoms with Crippen molar-refractivity contribution in [1.82, 2.24) is 14.8 Å². The Balaban J connectivity index is 1.50. The molecule has 1 aliphatic heterocycles. The van der Waals surface area contributed by atoms with E-state index in [1.165, 1.54) is 6.20 Å². The third-order valence-electron chi connectivity index (χ3n) is 6.16. The lowest BCUT2D eigenvalue weighted by Gasteiger charge is -2.24. The number of carbonyl (C=O) groups excluding carboxylic acids is 3. The van der Waals surface area contributed by atoms with Gasteiger partial charge in [-0.05, 0) is 36.4 Å². The van der Waals surface area contributed by atoms with Crippen LogP contribution in [0, 0.1) is 4.64 Å². The molecule has 12 heteroatoms. The summed E-state index contributed by atoms with van der Waals surface area (Å²) in [6, 6.07) is 24.5. The van der Waals surface area contributed by atoms with E-state index in [2.05, 4.69) is 10.1 Å². The number of aromatic amines is 1. The minimum atomic E-state index is -1.37. The van der Waals surface area contributed by atoms with Gasteiger partial charge in [0.1, 0.15) is 17.4 Å². The Labute approximate surface area is 238 Å². The van der Waals surface area contributed by atoms with Gasteiger partial charge in [-0.15, -0.1) is 0 Å². The van der Waals surface area contributed by atoms with Gasteiger partial charge >= 0.3 is 23.6 Å². The Kier molecular flexibility index (Phi) is 8.42. The zero-order valence-electron chi connectivity index (χ0n) is 21.3. The standard InChI is InChI=1S/C29H23N3O8S/c33-26(18-10-4-1-5-11-18)37-17-21-23(39-27(34)19-12-6-2-7-13-19)24(40-28(35)20-14-8-3-9-15-20)25(38-21)32-29(36)31-22(41)16-30-32/h1-16,21,23-25H,17H2,(H,31,36,41)/t21-,23+,24-,25-/m0/s1. The lowest BCUT2D eigenvalue weighted by atomic mass is 10.1. The normalized spacial score (nSPS) is 19.7. The highest BCUT2D eigenvalue weighted by Gasteiger charge is 2.52. The van der Waals surface area contributed by atoms with E-state index in [1.807, 2.05) is 0 Å². The molecule has 0 spiro atoms. The molecule has 1 saturated heterocycles. The maximum Gasteiger partial charge on any atom is 0.345 e. The fourth-order valence-corrected chi connectivity index (χ4v) is 4.33. The van der Waals surface area contributed by atoms with Crippen LogP contribution in [0.5, 0.6) is 0 Å². The Bertz CT molecular complexity index is 1640. The topological polar surface area (TPSA) is 139 Å². The molecule has 0 amide bonds. The van der Waals surface area contributed by atoms with Gasteiger partial charge < -0.3 is 18.9 Å². The molecule has 4 aromatic rings. The van der Waals surface area contributed by atoms with Crippen molar-refractivity contribution >= 4 is 30.1 Å². The molecule has 4 atom stereocenters. The minimum absolute atomic E-state index is 0.0717. The van der Waals surface area contributed by atoms with Gasteiger partial charge in [-0.2, -0.15) is 9.78 Å². The van der Waals surface area contributed by atoms with Crippen molar-refractivity contribution in [2.24, 2.45) is 0 Å². The van der Waals surface area contributed by atoms with Crippen LogP contribution in [0.15, 0.2) is 102 Å². The Morgan fingerprint density at radius 1 is 0.780 bits per heavy atom. The highest BCUT2D eigenvalue weighted by Crippen LogP contribution is 2.34. The van der Waals surface area contributed by atoms with E-state index in [1.54, 1.807) is 91.0 Å². The molecule has 11 nitrogen and oxygen atoms in total. The van der Waals surface area contributed by atoms with E-state index in [-0.39, 0.29) is 15.8 Å². The molecule has 0 aliphatic carbocycles. The molecule has 2 heterocycles. The summed E-state index contributed by atoms with van der Waals surface area (Å²) in [6.45, 7) is -0.395. The number of carbonyl (C=O) groups is 3. The third kappa shape index (κ3) is 6.45. The number of nitrogens with zero attached hydrogens (tertiary/aromatic N) is 2. The SMILES string of the molecule is O=C(OC[C@@H]1O[C@H](n2ncc(=S)[nH]c2=O)[C@@H](OC(=O)c2ccccc2)[C@@H]1OC(=O)c1ccccc1)c1ccccc1. The molecule has 41 heavy (non-hydrogen) atoms. The zero-order chi connectivity index (χ0) is 28.8. The number of H-pyrrole nitrogens is 1. The molecular formula is C29H23N3O8S. The predicted octanol–water partition coefficient (Wildman–Crippen LogP) is 3.51. The maximum atomic E-state index is 13.1. The highest BCUT2D eigenvalue weighted by molar-refractivity contribution is 7.71. The summed E-state index contributed by atoms with van der Waals surface area (Å²) in [5.74, 6) is -2.15. The highest BCUT2D eigenvalue weighted by atomic mass is 32.1. The molecule has 5 rings (SSSR count). The Morgan fingerprint density at radius 3 is 1.78 bits per heavy atom. The average molecular weight is 574 g/mol. The van der Waals surface area contributed by atoms with E-state index < -0.39 is 54.7 Å². The van der Waals surface area contributed by atoms with Crippen LogP contribution in [0.1, 0.15) is 37.3 Å². The summed E-state index contributed by atoms with van der Waals surface area (Å²) < 4.78 is 24.1. The molecule has 0 saturated carbocycles. The molecule has 1 fully saturated rings. The van der Waals surface area contributed by atoms with Crippen molar-refractivity contribution in [2.75, 3.05) is 6.61 Å². The summed E-state index contributed by atoms with van der Waals surface area (Å²) in [5.41, 5.74) is -0.0203. The first-order valence-corrected chi connectivity index (χ1v) is 12.9. The second kappa shape index (κ2) is 12.5. The maximum absolute atomic E-state index is 13.1. The smallest absolute Gasteiger partial charge is 0.345 e. The van der Waals surface area contributed by atoms with Crippen LogP contribution in [-0.2, 0) is 18.9 Å². The number of hydrogen-bond acceptors (Lipinski definition) is 10. The fraction of sp³-hybridized carbons (Fsp3) is 0.172. The van der Waals surface area contributed by atoms with E-state index in [0.717, 1.165) is 4.68 Å². The molecular weight excluding hydrogens is 550 g/mol. The number of rotatable bonds is 8. The van der Waals surface area contributed by atoms with Crippen LogP contribution in [0.25, 0.3) is 0 Å². The average Bonchev–Trinajstić information content (AvgIpc) is 3.33. The molecule has 3 aromatic carbocycles. The van der Waals surface area contributed by atoms with Gasteiger partial charge in [0.25, 0.3) is 0 Å². The van der Waals surface area contributed by atoms with E-state index >= 15 is 0 Å². The van der Waals surface area contributed by atoms with Crippen molar-refractivity contribution in [3.05, 3.63) is 129 Å². The Hall–Kier alpha value is -4.94. The molecule has 0 radical (unpaired) electrons.